The van der Waals surface area contributed by atoms with Gasteiger partial charge in [0.1, 0.15) is 5.82 Å². The summed E-state index contributed by atoms with van der Waals surface area (Å²) in [5, 5.41) is 15.2. The van der Waals surface area contributed by atoms with Crippen molar-refractivity contribution >= 4 is 40.6 Å². The summed E-state index contributed by atoms with van der Waals surface area (Å²) in [5.74, 6) is 1.08. The van der Waals surface area contributed by atoms with Crippen molar-refractivity contribution in [3.05, 3.63) is 93.4 Å². The summed E-state index contributed by atoms with van der Waals surface area (Å²) in [6.07, 6.45) is 1.49. The molecule has 0 aliphatic rings. The molecule has 5 nitrogen and oxygen atoms in total. The molecule has 2 aromatic carbocycles. The Morgan fingerprint density at radius 1 is 1.03 bits per heavy atom. The van der Waals surface area contributed by atoms with Crippen LogP contribution in [0.5, 0.6) is 0 Å². The van der Waals surface area contributed by atoms with Gasteiger partial charge in [0.15, 0.2) is 5.16 Å². The fourth-order valence-corrected chi connectivity index (χ4v) is 4.73. The number of amides is 1. The minimum atomic E-state index is -0.0168. The summed E-state index contributed by atoms with van der Waals surface area (Å²) >= 11 is 9.15. The van der Waals surface area contributed by atoms with E-state index in [0.717, 1.165) is 23.5 Å². The van der Waals surface area contributed by atoms with Gasteiger partial charge in [-0.2, -0.15) is 0 Å². The Hall–Kier alpha value is -2.61. The van der Waals surface area contributed by atoms with Gasteiger partial charge < -0.3 is 5.32 Å². The Labute approximate surface area is 194 Å². The summed E-state index contributed by atoms with van der Waals surface area (Å²) in [7, 11) is 0. The van der Waals surface area contributed by atoms with Gasteiger partial charge in [0.05, 0.1) is 5.75 Å². The van der Waals surface area contributed by atoms with E-state index in [1.807, 2.05) is 58.5 Å². The molecule has 0 bridgehead atoms. The predicted molar refractivity (Wildman–Crippen MR) is 127 cm³/mol. The van der Waals surface area contributed by atoms with Gasteiger partial charge in [0, 0.05) is 28.6 Å². The number of nitrogens with one attached hydrogen (secondary N) is 1. The van der Waals surface area contributed by atoms with E-state index in [4.69, 9.17) is 11.6 Å². The second kappa shape index (κ2) is 10.6. The minimum Gasteiger partial charge on any atom is -0.355 e. The fourth-order valence-electron chi connectivity index (χ4n) is 3.10. The molecule has 0 aliphatic heterocycles. The molecule has 0 saturated heterocycles. The van der Waals surface area contributed by atoms with Crippen molar-refractivity contribution in [3.63, 3.8) is 0 Å². The van der Waals surface area contributed by atoms with Crippen LogP contribution in [-0.2, 0) is 17.6 Å². The molecule has 8 heteroatoms. The van der Waals surface area contributed by atoms with Crippen molar-refractivity contribution in [1.29, 1.82) is 0 Å². The minimum absolute atomic E-state index is 0.0168. The molecule has 158 valence electrons. The Morgan fingerprint density at radius 2 is 1.84 bits per heavy atom. The molecule has 31 heavy (non-hydrogen) atoms. The molecule has 0 fully saturated rings. The van der Waals surface area contributed by atoms with E-state index in [0.29, 0.717) is 23.1 Å². The lowest BCUT2D eigenvalue weighted by atomic mass is 10.1. The Balaban J connectivity index is 1.46. The van der Waals surface area contributed by atoms with Crippen molar-refractivity contribution in [1.82, 2.24) is 20.1 Å². The molecule has 0 atom stereocenters. The van der Waals surface area contributed by atoms with Gasteiger partial charge in [0.25, 0.3) is 0 Å². The number of benzene rings is 2. The first-order chi connectivity index (χ1) is 15.2. The second-order valence-corrected chi connectivity index (χ2v) is 9.25. The zero-order valence-electron chi connectivity index (χ0n) is 16.7. The van der Waals surface area contributed by atoms with Crippen LogP contribution in [0.3, 0.4) is 0 Å². The van der Waals surface area contributed by atoms with Crippen molar-refractivity contribution < 1.29 is 4.79 Å². The van der Waals surface area contributed by atoms with Crippen molar-refractivity contribution in [2.45, 2.75) is 18.0 Å². The molecule has 0 spiro atoms. The lowest BCUT2D eigenvalue weighted by molar-refractivity contribution is -0.118. The van der Waals surface area contributed by atoms with Crippen LogP contribution in [0.2, 0.25) is 5.02 Å². The third kappa shape index (κ3) is 5.97. The van der Waals surface area contributed by atoms with Crippen molar-refractivity contribution in [2.75, 3.05) is 12.3 Å². The zero-order chi connectivity index (χ0) is 21.5. The van der Waals surface area contributed by atoms with Crippen LogP contribution in [0.1, 0.15) is 16.3 Å². The fraction of sp³-hybridized carbons (Fsp3) is 0.174. The molecule has 2 heterocycles. The maximum absolute atomic E-state index is 12.3. The molecular weight excluding hydrogens is 448 g/mol. The summed E-state index contributed by atoms with van der Waals surface area (Å²) in [6.45, 7) is 0.628. The van der Waals surface area contributed by atoms with E-state index in [2.05, 4.69) is 33.7 Å². The van der Waals surface area contributed by atoms with Gasteiger partial charge in [-0.05, 0) is 47.7 Å². The molecule has 1 N–H and O–H groups in total. The highest BCUT2D eigenvalue weighted by Gasteiger charge is 2.16. The van der Waals surface area contributed by atoms with Crippen LogP contribution in [-0.4, -0.2) is 33.0 Å². The number of carbonyl (C=O) groups excluding carboxylic acids is 1. The van der Waals surface area contributed by atoms with Crippen LogP contribution in [0.25, 0.3) is 5.69 Å². The highest BCUT2D eigenvalue weighted by atomic mass is 35.5. The van der Waals surface area contributed by atoms with E-state index >= 15 is 0 Å². The predicted octanol–water partition coefficient (Wildman–Crippen LogP) is 5.02. The van der Waals surface area contributed by atoms with Gasteiger partial charge in [-0.15, -0.1) is 21.5 Å². The van der Waals surface area contributed by atoms with Crippen molar-refractivity contribution in [2.24, 2.45) is 0 Å². The molecule has 0 aliphatic carbocycles. The maximum atomic E-state index is 12.3. The van der Waals surface area contributed by atoms with E-state index in [9.17, 15) is 4.79 Å². The van der Waals surface area contributed by atoms with Gasteiger partial charge in [-0.25, -0.2) is 0 Å². The first kappa shape index (κ1) is 21.6. The summed E-state index contributed by atoms with van der Waals surface area (Å²) in [4.78, 5) is 13.6. The van der Waals surface area contributed by atoms with Crippen LogP contribution in [0.15, 0.2) is 77.3 Å². The lowest BCUT2D eigenvalue weighted by Gasteiger charge is -2.11. The molecular formula is C23H21ClN4OS2. The monoisotopic (exact) mass is 468 g/mol. The van der Waals surface area contributed by atoms with Gasteiger partial charge in [-0.3, -0.25) is 9.36 Å². The van der Waals surface area contributed by atoms with E-state index < -0.39 is 0 Å². The van der Waals surface area contributed by atoms with Gasteiger partial charge in [0.2, 0.25) is 5.91 Å². The quantitative estimate of drug-likeness (QED) is 0.350. The number of hydrogen-bond donors (Lipinski definition) is 1. The third-order valence-electron chi connectivity index (χ3n) is 4.60. The second-order valence-electron chi connectivity index (χ2n) is 6.84. The molecule has 1 amide bonds. The first-order valence-electron chi connectivity index (χ1n) is 9.85. The van der Waals surface area contributed by atoms with Gasteiger partial charge in [-0.1, -0.05) is 59.8 Å². The Morgan fingerprint density at radius 3 is 2.58 bits per heavy atom. The zero-order valence-corrected chi connectivity index (χ0v) is 19.1. The number of thiophene rings is 1. The van der Waals surface area contributed by atoms with Crippen LogP contribution >= 0.6 is 34.7 Å². The smallest absolute Gasteiger partial charge is 0.230 e. The standard InChI is InChI=1S/C23H21ClN4OS2/c24-18-8-10-19(11-9-18)28-21(15-17-5-2-1-3-6-17)26-27-23(28)31-16-22(29)25-13-12-20-7-4-14-30-20/h1-11,14H,12-13,15-16H2,(H,25,29). The third-order valence-corrected chi connectivity index (χ3v) is 6.71. The molecule has 0 unspecified atom stereocenters. The number of halogens is 1. The highest BCUT2D eigenvalue weighted by molar-refractivity contribution is 7.99. The van der Waals surface area contributed by atoms with E-state index in [1.165, 1.54) is 16.6 Å². The SMILES string of the molecule is O=C(CSc1nnc(Cc2ccccc2)n1-c1ccc(Cl)cc1)NCCc1cccs1. The summed E-state index contributed by atoms with van der Waals surface area (Å²) in [5.41, 5.74) is 2.06. The first-order valence-corrected chi connectivity index (χ1v) is 12.1. The largest absolute Gasteiger partial charge is 0.355 e. The van der Waals surface area contributed by atoms with Crippen LogP contribution < -0.4 is 5.32 Å². The molecule has 4 aromatic rings. The Kier molecular flexibility index (Phi) is 7.40. The number of hydrogen-bond acceptors (Lipinski definition) is 5. The lowest BCUT2D eigenvalue weighted by Crippen LogP contribution is -2.27. The maximum Gasteiger partial charge on any atom is 0.230 e. The number of nitrogens with zero attached hydrogens (tertiary/aromatic N) is 3. The summed E-state index contributed by atoms with van der Waals surface area (Å²) in [6, 6.07) is 21.8. The topological polar surface area (TPSA) is 59.8 Å². The molecule has 0 saturated carbocycles. The number of rotatable bonds is 9. The highest BCUT2D eigenvalue weighted by Crippen LogP contribution is 2.24. The average Bonchev–Trinajstić information content (AvgIpc) is 3.44. The number of aromatic nitrogens is 3. The van der Waals surface area contributed by atoms with Crippen LogP contribution in [0, 0.1) is 0 Å². The average molecular weight is 469 g/mol. The Bertz CT molecular complexity index is 1110. The number of carbonyl (C=O) groups is 1. The van der Waals surface area contributed by atoms with Crippen molar-refractivity contribution in [3.8, 4) is 5.69 Å². The normalized spacial score (nSPS) is 10.9. The van der Waals surface area contributed by atoms with Crippen LogP contribution in [0.4, 0.5) is 0 Å². The number of thioether (sulfide) groups is 1. The molecule has 2 aromatic heterocycles. The molecule has 4 rings (SSSR count). The van der Waals surface area contributed by atoms with Gasteiger partial charge >= 0.3 is 0 Å². The molecule has 0 radical (unpaired) electrons. The van der Waals surface area contributed by atoms with E-state index in [-0.39, 0.29) is 11.7 Å². The summed E-state index contributed by atoms with van der Waals surface area (Å²) < 4.78 is 1.99. The van der Waals surface area contributed by atoms with E-state index in [1.54, 1.807) is 11.3 Å².